The summed E-state index contributed by atoms with van der Waals surface area (Å²) in [5.74, 6) is 1.50. The van der Waals surface area contributed by atoms with Crippen LogP contribution in [-0.2, 0) is 6.42 Å². The molecule has 0 saturated carbocycles. The molecule has 0 aliphatic heterocycles. The molecule has 5 heteroatoms. The quantitative estimate of drug-likeness (QED) is 0.808. The predicted molar refractivity (Wildman–Crippen MR) is 80.4 cm³/mol. The number of aryl methyl sites for hydroxylation is 1. The Balaban J connectivity index is 2.44. The zero-order chi connectivity index (χ0) is 14.7. The van der Waals surface area contributed by atoms with E-state index in [0.717, 1.165) is 29.3 Å². The molecule has 20 heavy (non-hydrogen) atoms. The van der Waals surface area contributed by atoms with Crippen LogP contribution in [0.25, 0.3) is 0 Å². The highest BCUT2D eigenvalue weighted by atomic mass is 35.5. The van der Waals surface area contributed by atoms with Gasteiger partial charge in [0, 0.05) is 24.7 Å². The van der Waals surface area contributed by atoms with Gasteiger partial charge in [-0.1, -0.05) is 18.5 Å². The first-order valence-electron chi connectivity index (χ1n) is 6.33. The largest absolute Gasteiger partial charge is 0.329 e. The second-order valence-corrected chi connectivity index (χ2v) is 4.81. The first-order chi connectivity index (χ1) is 9.56. The van der Waals surface area contributed by atoms with Crippen LogP contribution in [0.15, 0.2) is 24.3 Å². The standard InChI is InChI=1S/C15H15ClN4/c1-4-13-18-14(16)10(2)15(19-13)20(3)12-7-5-11(9-17)6-8-12/h5-8H,4H2,1-3H3. The molecular weight excluding hydrogens is 272 g/mol. The molecule has 1 heterocycles. The van der Waals surface area contributed by atoms with Crippen molar-refractivity contribution in [3.05, 3.63) is 46.4 Å². The predicted octanol–water partition coefficient (Wildman–Crippen LogP) is 3.64. The monoisotopic (exact) mass is 286 g/mol. The molecule has 0 radical (unpaired) electrons. The van der Waals surface area contributed by atoms with Crippen LogP contribution in [0.3, 0.4) is 0 Å². The van der Waals surface area contributed by atoms with E-state index in [2.05, 4.69) is 16.0 Å². The zero-order valence-corrected chi connectivity index (χ0v) is 12.4. The van der Waals surface area contributed by atoms with Crippen LogP contribution in [0.4, 0.5) is 11.5 Å². The third-order valence-corrected chi connectivity index (χ3v) is 3.49. The lowest BCUT2D eigenvalue weighted by Crippen LogP contribution is -2.14. The number of nitriles is 1. The van der Waals surface area contributed by atoms with Crippen LogP contribution in [0, 0.1) is 18.3 Å². The summed E-state index contributed by atoms with van der Waals surface area (Å²) >= 11 is 6.16. The molecule has 4 nitrogen and oxygen atoms in total. The first kappa shape index (κ1) is 14.3. The Hall–Kier alpha value is -2.12. The van der Waals surface area contributed by atoms with Gasteiger partial charge in [0.1, 0.15) is 16.8 Å². The number of rotatable bonds is 3. The number of aromatic nitrogens is 2. The molecule has 0 bridgehead atoms. The van der Waals surface area contributed by atoms with Crippen molar-refractivity contribution in [1.29, 1.82) is 5.26 Å². The molecule has 0 saturated heterocycles. The minimum absolute atomic E-state index is 0.479. The number of hydrogen-bond donors (Lipinski definition) is 0. The summed E-state index contributed by atoms with van der Waals surface area (Å²) in [5.41, 5.74) is 2.42. The highest BCUT2D eigenvalue weighted by Crippen LogP contribution is 2.28. The molecule has 0 spiro atoms. The van der Waals surface area contributed by atoms with E-state index in [1.165, 1.54) is 0 Å². The fourth-order valence-corrected chi connectivity index (χ4v) is 2.07. The second-order valence-electron chi connectivity index (χ2n) is 4.45. The molecule has 1 aromatic carbocycles. The lowest BCUT2D eigenvalue weighted by atomic mass is 10.2. The molecule has 0 amide bonds. The molecule has 0 N–H and O–H groups in total. The Morgan fingerprint density at radius 1 is 1.25 bits per heavy atom. The summed E-state index contributed by atoms with van der Waals surface area (Å²) in [7, 11) is 1.92. The van der Waals surface area contributed by atoms with E-state index in [0.29, 0.717) is 10.7 Å². The van der Waals surface area contributed by atoms with Gasteiger partial charge in [0.05, 0.1) is 11.6 Å². The van der Waals surface area contributed by atoms with Crippen molar-refractivity contribution < 1.29 is 0 Å². The van der Waals surface area contributed by atoms with Crippen LogP contribution in [-0.4, -0.2) is 17.0 Å². The number of nitrogens with zero attached hydrogens (tertiary/aromatic N) is 4. The van der Waals surface area contributed by atoms with E-state index < -0.39 is 0 Å². The van der Waals surface area contributed by atoms with Crippen LogP contribution in [0.5, 0.6) is 0 Å². The van der Waals surface area contributed by atoms with Crippen molar-refractivity contribution in [2.45, 2.75) is 20.3 Å². The van der Waals surface area contributed by atoms with E-state index in [9.17, 15) is 0 Å². The smallest absolute Gasteiger partial charge is 0.140 e. The normalized spacial score (nSPS) is 10.2. The van der Waals surface area contributed by atoms with Crippen molar-refractivity contribution in [2.75, 3.05) is 11.9 Å². The Morgan fingerprint density at radius 3 is 2.45 bits per heavy atom. The maximum absolute atomic E-state index is 8.83. The Kier molecular flexibility index (Phi) is 4.21. The van der Waals surface area contributed by atoms with Gasteiger partial charge >= 0.3 is 0 Å². The van der Waals surface area contributed by atoms with Crippen LogP contribution in [0.1, 0.15) is 23.9 Å². The third kappa shape index (κ3) is 2.73. The summed E-state index contributed by atoms with van der Waals surface area (Å²) in [6, 6.07) is 9.45. The van der Waals surface area contributed by atoms with Crippen molar-refractivity contribution in [3.8, 4) is 6.07 Å². The van der Waals surface area contributed by atoms with Gasteiger partial charge in [0.15, 0.2) is 0 Å². The van der Waals surface area contributed by atoms with Gasteiger partial charge in [-0.25, -0.2) is 9.97 Å². The number of halogens is 1. The molecule has 0 atom stereocenters. The minimum atomic E-state index is 0.479. The van der Waals surface area contributed by atoms with Crippen molar-refractivity contribution in [1.82, 2.24) is 9.97 Å². The summed E-state index contributed by atoms with van der Waals surface area (Å²) in [5, 5.41) is 9.31. The van der Waals surface area contributed by atoms with E-state index in [1.807, 2.05) is 37.9 Å². The third-order valence-electron chi connectivity index (χ3n) is 3.12. The maximum Gasteiger partial charge on any atom is 0.140 e. The summed E-state index contributed by atoms with van der Waals surface area (Å²) in [4.78, 5) is 10.7. The molecule has 0 fully saturated rings. The number of benzene rings is 1. The van der Waals surface area contributed by atoms with Gasteiger partial charge in [-0.2, -0.15) is 5.26 Å². The lowest BCUT2D eigenvalue weighted by molar-refractivity contribution is 0.915. The minimum Gasteiger partial charge on any atom is -0.329 e. The molecule has 0 aliphatic carbocycles. The van der Waals surface area contributed by atoms with Gasteiger partial charge in [-0.15, -0.1) is 0 Å². The SMILES string of the molecule is CCc1nc(Cl)c(C)c(N(C)c2ccc(C#N)cc2)n1. The van der Waals surface area contributed by atoms with E-state index in [-0.39, 0.29) is 0 Å². The van der Waals surface area contributed by atoms with Gasteiger partial charge in [-0.05, 0) is 31.2 Å². The number of hydrogen-bond acceptors (Lipinski definition) is 4. The Morgan fingerprint density at radius 2 is 1.90 bits per heavy atom. The fourth-order valence-electron chi connectivity index (χ4n) is 1.89. The Labute approximate surface area is 123 Å². The fraction of sp³-hybridized carbons (Fsp3) is 0.267. The zero-order valence-electron chi connectivity index (χ0n) is 11.7. The van der Waals surface area contributed by atoms with Gasteiger partial charge < -0.3 is 4.90 Å². The van der Waals surface area contributed by atoms with E-state index in [1.54, 1.807) is 12.1 Å². The van der Waals surface area contributed by atoms with E-state index in [4.69, 9.17) is 16.9 Å². The second kappa shape index (κ2) is 5.89. The highest BCUT2D eigenvalue weighted by Gasteiger charge is 2.13. The first-order valence-corrected chi connectivity index (χ1v) is 6.71. The van der Waals surface area contributed by atoms with Crippen LogP contribution >= 0.6 is 11.6 Å². The molecule has 102 valence electrons. The molecule has 2 aromatic rings. The van der Waals surface area contributed by atoms with Gasteiger partial charge in [0.25, 0.3) is 0 Å². The van der Waals surface area contributed by atoms with Crippen molar-refractivity contribution in [2.24, 2.45) is 0 Å². The topological polar surface area (TPSA) is 52.8 Å². The van der Waals surface area contributed by atoms with Crippen molar-refractivity contribution in [3.63, 3.8) is 0 Å². The summed E-state index contributed by atoms with van der Waals surface area (Å²) < 4.78 is 0. The lowest BCUT2D eigenvalue weighted by Gasteiger charge is -2.21. The number of anilines is 2. The summed E-state index contributed by atoms with van der Waals surface area (Å²) in [6.45, 7) is 3.89. The van der Waals surface area contributed by atoms with Crippen molar-refractivity contribution >= 4 is 23.1 Å². The molecule has 0 aliphatic rings. The average Bonchev–Trinajstić information content (AvgIpc) is 2.49. The van der Waals surface area contributed by atoms with Gasteiger partial charge in [0.2, 0.25) is 0 Å². The molecule has 2 rings (SSSR count). The van der Waals surface area contributed by atoms with Gasteiger partial charge in [-0.3, -0.25) is 0 Å². The Bertz CT molecular complexity index is 659. The maximum atomic E-state index is 8.83. The molecule has 1 aromatic heterocycles. The molecular formula is C15H15ClN4. The summed E-state index contributed by atoms with van der Waals surface area (Å²) in [6.07, 6.45) is 0.730. The van der Waals surface area contributed by atoms with Crippen LogP contribution < -0.4 is 4.90 Å². The highest BCUT2D eigenvalue weighted by molar-refractivity contribution is 6.30. The van der Waals surface area contributed by atoms with E-state index >= 15 is 0 Å². The molecule has 0 unspecified atom stereocenters. The average molecular weight is 287 g/mol. The van der Waals surface area contributed by atoms with Crippen LogP contribution in [0.2, 0.25) is 5.15 Å².